The van der Waals surface area contributed by atoms with Crippen LogP contribution in [-0.4, -0.2) is 23.7 Å². The molecule has 16 heavy (non-hydrogen) atoms. The summed E-state index contributed by atoms with van der Waals surface area (Å²) in [5.74, 6) is -0.0840. The fraction of sp³-hybridized carbons (Fsp3) is 0.500. The summed E-state index contributed by atoms with van der Waals surface area (Å²) < 4.78 is 1.75. The van der Waals surface area contributed by atoms with Gasteiger partial charge in [-0.3, -0.25) is 4.79 Å². The van der Waals surface area contributed by atoms with Crippen LogP contribution in [0.5, 0.6) is 0 Å². The number of hydrogen-bond acceptors (Lipinski definition) is 3. The van der Waals surface area contributed by atoms with Crippen LogP contribution in [0.25, 0.3) is 0 Å². The van der Waals surface area contributed by atoms with Crippen LogP contribution in [0.3, 0.4) is 0 Å². The first-order chi connectivity index (χ1) is 7.54. The molecule has 1 aromatic heterocycles. The molecule has 0 aliphatic rings. The highest BCUT2D eigenvalue weighted by atomic mass is 79.9. The van der Waals surface area contributed by atoms with Gasteiger partial charge in [-0.2, -0.15) is 0 Å². The van der Waals surface area contributed by atoms with Gasteiger partial charge >= 0.3 is 0 Å². The lowest BCUT2D eigenvalue weighted by molar-refractivity contribution is 0.0936. The molecule has 1 unspecified atom stereocenters. The number of aliphatic hydroxyl groups excluding tert-OH is 1. The molecule has 0 aliphatic carbocycles. The molecular formula is C10H13Br2NO2S. The van der Waals surface area contributed by atoms with Crippen molar-refractivity contribution in [3.8, 4) is 0 Å². The van der Waals surface area contributed by atoms with E-state index >= 15 is 0 Å². The number of amides is 1. The average molecular weight is 371 g/mol. The molecular weight excluding hydrogens is 358 g/mol. The predicted octanol–water partition coefficient (Wildman–Crippen LogP) is 3.16. The third-order valence-electron chi connectivity index (χ3n) is 2.07. The Morgan fingerprint density at radius 1 is 1.62 bits per heavy atom. The molecule has 0 spiro atoms. The Morgan fingerprint density at radius 2 is 2.31 bits per heavy atom. The van der Waals surface area contributed by atoms with Gasteiger partial charge in [0.15, 0.2) is 0 Å². The second-order valence-corrected chi connectivity index (χ2v) is 7.23. The first-order valence-corrected chi connectivity index (χ1v) is 7.31. The van der Waals surface area contributed by atoms with Crippen LogP contribution in [0, 0.1) is 0 Å². The van der Waals surface area contributed by atoms with Gasteiger partial charge in [0.1, 0.15) is 0 Å². The number of nitrogens with one attached hydrogen (secondary N) is 1. The molecule has 0 bridgehead atoms. The minimum atomic E-state index is -0.0840. The summed E-state index contributed by atoms with van der Waals surface area (Å²) in [7, 11) is 0. The third-order valence-corrected chi connectivity index (χ3v) is 4.41. The first-order valence-electron chi connectivity index (χ1n) is 4.91. The number of halogens is 2. The van der Waals surface area contributed by atoms with Gasteiger partial charge in [-0.1, -0.05) is 0 Å². The van der Waals surface area contributed by atoms with Gasteiger partial charge in [0.05, 0.1) is 13.1 Å². The Bertz CT molecular complexity index is 368. The van der Waals surface area contributed by atoms with Crippen LogP contribution < -0.4 is 5.32 Å². The van der Waals surface area contributed by atoms with Crippen molar-refractivity contribution in [3.05, 3.63) is 19.2 Å². The lowest BCUT2D eigenvalue weighted by Crippen LogP contribution is -2.32. The first kappa shape index (κ1) is 14.2. The molecule has 6 heteroatoms. The standard InChI is InChI=1S/C10H13Br2NO2S/c1-6(3-2-4-14)13-10(15)7-5-8(11)16-9(7)12/h5-6,14H,2-4H2,1H3,(H,13,15). The molecule has 0 saturated heterocycles. The molecule has 1 rings (SSSR count). The highest BCUT2D eigenvalue weighted by Crippen LogP contribution is 2.31. The monoisotopic (exact) mass is 369 g/mol. The molecule has 1 amide bonds. The van der Waals surface area contributed by atoms with Crippen LogP contribution in [0.1, 0.15) is 30.1 Å². The minimum absolute atomic E-state index is 0.0743. The summed E-state index contributed by atoms with van der Waals surface area (Å²) in [6.07, 6.45) is 1.49. The van der Waals surface area contributed by atoms with E-state index < -0.39 is 0 Å². The zero-order chi connectivity index (χ0) is 12.1. The van der Waals surface area contributed by atoms with Crippen molar-refractivity contribution in [2.45, 2.75) is 25.8 Å². The molecule has 1 heterocycles. The molecule has 0 radical (unpaired) electrons. The van der Waals surface area contributed by atoms with E-state index in [1.54, 1.807) is 6.07 Å². The van der Waals surface area contributed by atoms with E-state index in [0.29, 0.717) is 12.0 Å². The number of carbonyl (C=O) groups is 1. The number of rotatable bonds is 5. The van der Waals surface area contributed by atoms with Gasteiger partial charge < -0.3 is 10.4 Å². The molecule has 1 atom stereocenters. The Labute approximate surface area is 116 Å². The minimum Gasteiger partial charge on any atom is -0.396 e. The maximum absolute atomic E-state index is 11.8. The van der Waals surface area contributed by atoms with E-state index in [4.69, 9.17) is 5.11 Å². The van der Waals surface area contributed by atoms with E-state index in [9.17, 15) is 4.79 Å². The largest absolute Gasteiger partial charge is 0.396 e. The van der Waals surface area contributed by atoms with E-state index in [1.165, 1.54) is 11.3 Å². The van der Waals surface area contributed by atoms with Crippen molar-refractivity contribution in [3.63, 3.8) is 0 Å². The number of aliphatic hydroxyl groups is 1. The second-order valence-electron chi connectivity index (χ2n) is 3.48. The topological polar surface area (TPSA) is 49.3 Å². The predicted molar refractivity (Wildman–Crippen MR) is 73.0 cm³/mol. The third kappa shape index (κ3) is 4.16. The molecule has 0 saturated carbocycles. The molecule has 1 aromatic rings. The van der Waals surface area contributed by atoms with Crippen LogP contribution in [0.4, 0.5) is 0 Å². The number of carbonyl (C=O) groups excluding carboxylic acids is 1. The number of hydrogen-bond donors (Lipinski definition) is 2. The fourth-order valence-corrected chi connectivity index (χ4v) is 4.06. The van der Waals surface area contributed by atoms with Gasteiger partial charge in [-0.05, 0) is 57.7 Å². The van der Waals surface area contributed by atoms with Crippen molar-refractivity contribution in [1.82, 2.24) is 5.32 Å². The maximum atomic E-state index is 11.8. The summed E-state index contributed by atoms with van der Waals surface area (Å²) in [5, 5.41) is 11.6. The summed E-state index contributed by atoms with van der Waals surface area (Å²) in [5.41, 5.74) is 0.646. The molecule has 90 valence electrons. The van der Waals surface area contributed by atoms with Gasteiger partial charge in [0.2, 0.25) is 0 Å². The smallest absolute Gasteiger partial charge is 0.253 e. The Hall–Kier alpha value is 0.0900. The lowest BCUT2D eigenvalue weighted by atomic mass is 10.2. The van der Waals surface area contributed by atoms with Crippen LogP contribution in [0.2, 0.25) is 0 Å². The van der Waals surface area contributed by atoms with Gasteiger partial charge in [0.25, 0.3) is 5.91 Å². The van der Waals surface area contributed by atoms with Crippen molar-refractivity contribution in [1.29, 1.82) is 0 Å². The van der Waals surface area contributed by atoms with Crippen LogP contribution >= 0.6 is 43.2 Å². The van der Waals surface area contributed by atoms with E-state index in [2.05, 4.69) is 37.2 Å². The summed E-state index contributed by atoms with van der Waals surface area (Å²) >= 11 is 8.16. The zero-order valence-corrected chi connectivity index (χ0v) is 12.8. The fourth-order valence-electron chi connectivity index (χ4n) is 1.27. The Kier molecular flexibility index (Phi) is 5.96. The second kappa shape index (κ2) is 6.74. The molecule has 0 fully saturated rings. The maximum Gasteiger partial charge on any atom is 0.253 e. The quantitative estimate of drug-likeness (QED) is 0.836. The molecule has 3 nitrogen and oxygen atoms in total. The van der Waals surface area contributed by atoms with Crippen LogP contribution in [-0.2, 0) is 0 Å². The van der Waals surface area contributed by atoms with Crippen LogP contribution in [0.15, 0.2) is 13.6 Å². The molecule has 0 aliphatic heterocycles. The summed E-state index contributed by atoms with van der Waals surface area (Å²) in [6, 6.07) is 1.87. The van der Waals surface area contributed by atoms with Crippen molar-refractivity contribution in [2.24, 2.45) is 0 Å². The van der Waals surface area contributed by atoms with Gasteiger partial charge in [-0.25, -0.2) is 0 Å². The van der Waals surface area contributed by atoms with Gasteiger partial charge in [0, 0.05) is 12.6 Å². The van der Waals surface area contributed by atoms with E-state index in [-0.39, 0.29) is 18.6 Å². The molecule has 0 aromatic carbocycles. The van der Waals surface area contributed by atoms with E-state index in [1.807, 2.05) is 6.92 Å². The highest BCUT2D eigenvalue weighted by Gasteiger charge is 2.15. The van der Waals surface area contributed by atoms with Crippen molar-refractivity contribution >= 4 is 49.1 Å². The van der Waals surface area contributed by atoms with Gasteiger partial charge in [-0.15, -0.1) is 11.3 Å². The normalized spacial score (nSPS) is 12.5. The highest BCUT2D eigenvalue weighted by molar-refractivity contribution is 9.12. The summed E-state index contributed by atoms with van der Waals surface area (Å²) in [4.78, 5) is 11.8. The van der Waals surface area contributed by atoms with Crippen molar-refractivity contribution < 1.29 is 9.90 Å². The Morgan fingerprint density at radius 3 is 2.81 bits per heavy atom. The SMILES string of the molecule is CC(CCCO)NC(=O)c1cc(Br)sc1Br. The lowest BCUT2D eigenvalue weighted by Gasteiger charge is -2.12. The zero-order valence-electron chi connectivity index (χ0n) is 8.80. The summed E-state index contributed by atoms with van der Waals surface area (Å²) in [6.45, 7) is 2.09. The Balaban J connectivity index is 2.55. The van der Waals surface area contributed by atoms with Crippen molar-refractivity contribution in [2.75, 3.05) is 6.61 Å². The number of thiophene rings is 1. The molecule has 2 N–H and O–H groups in total. The average Bonchev–Trinajstić information content (AvgIpc) is 2.54. The van der Waals surface area contributed by atoms with E-state index in [0.717, 1.165) is 14.0 Å².